The normalized spacial score (nSPS) is 7.27. The SMILES string of the molecule is C.CC(=O)C=C(C)O.[CH3-].[CH3-].[Ir]. The smallest absolute Gasteiger partial charge is 0.155 e. The van der Waals surface area contributed by atoms with E-state index in [1.165, 1.54) is 19.9 Å². The Morgan fingerprint density at radius 2 is 1.55 bits per heavy atom. The molecule has 73 valence electrons. The maximum Gasteiger partial charge on any atom is 0.155 e. The molecule has 0 saturated carbocycles. The van der Waals surface area contributed by atoms with Crippen molar-refractivity contribution in [3.05, 3.63) is 26.7 Å². The maximum atomic E-state index is 10.0. The molecule has 0 atom stereocenters. The van der Waals surface area contributed by atoms with Gasteiger partial charge in [0.05, 0.1) is 5.76 Å². The van der Waals surface area contributed by atoms with Crippen molar-refractivity contribution < 1.29 is 30.0 Å². The van der Waals surface area contributed by atoms with E-state index in [1.807, 2.05) is 0 Å². The van der Waals surface area contributed by atoms with Crippen molar-refractivity contribution >= 4 is 5.78 Å². The van der Waals surface area contributed by atoms with Crippen LogP contribution in [0.3, 0.4) is 0 Å². The number of carbonyl (C=O) groups is 1. The van der Waals surface area contributed by atoms with Crippen molar-refractivity contribution in [2.75, 3.05) is 0 Å². The van der Waals surface area contributed by atoms with Gasteiger partial charge in [0.25, 0.3) is 0 Å². The fourth-order valence-corrected chi connectivity index (χ4v) is 0.294. The molecule has 0 rings (SSSR count). The van der Waals surface area contributed by atoms with Crippen LogP contribution >= 0.6 is 0 Å². The van der Waals surface area contributed by atoms with Crippen LogP contribution in [0.25, 0.3) is 0 Å². The van der Waals surface area contributed by atoms with Crippen molar-refractivity contribution in [2.45, 2.75) is 21.3 Å². The number of allylic oxidation sites excluding steroid dienone is 2. The fraction of sp³-hybridized carbons (Fsp3) is 0.375. The average Bonchev–Trinajstić information content (AvgIpc) is 1.27. The largest absolute Gasteiger partial charge is 0.512 e. The van der Waals surface area contributed by atoms with Gasteiger partial charge in [0, 0.05) is 26.2 Å². The molecule has 0 aromatic heterocycles. The number of aliphatic hydroxyl groups is 1. The first-order chi connectivity index (χ1) is 3.13. The van der Waals surface area contributed by atoms with Gasteiger partial charge in [0.2, 0.25) is 0 Å². The van der Waals surface area contributed by atoms with E-state index in [9.17, 15) is 4.79 Å². The number of aliphatic hydroxyl groups excluding tert-OH is 1. The summed E-state index contributed by atoms with van der Waals surface area (Å²) in [7, 11) is 0. The van der Waals surface area contributed by atoms with Gasteiger partial charge in [-0.2, -0.15) is 0 Å². The molecule has 3 heteroatoms. The Hall–Kier alpha value is -0.141. The van der Waals surface area contributed by atoms with Gasteiger partial charge in [-0.3, -0.25) is 4.79 Å². The summed E-state index contributed by atoms with van der Waals surface area (Å²) in [5.41, 5.74) is 0. The van der Waals surface area contributed by atoms with Crippen molar-refractivity contribution in [1.82, 2.24) is 0 Å². The molecule has 1 N–H and O–H groups in total. The van der Waals surface area contributed by atoms with Crippen LogP contribution in [0.15, 0.2) is 11.8 Å². The van der Waals surface area contributed by atoms with Gasteiger partial charge in [-0.1, -0.05) is 7.43 Å². The van der Waals surface area contributed by atoms with E-state index < -0.39 is 0 Å². The third-order valence-corrected chi connectivity index (χ3v) is 0.412. The van der Waals surface area contributed by atoms with E-state index in [-0.39, 0.29) is 53.9 Å². The van der Waals surface area contributed by atoms with E-state index in [2.05, 4.69) is 0 Å². The van der Waals surface area contributed by atoms with Crippen LogP contribution in [-0.2, 0) is 24.9 Å². The van der Waals surface area contributed by atoms with Gasteiger partial charge >= 0.3 is 0 Å². The van der Waals surface area contributed by atoms with Crippen LogP contribution in [0.4, 0.5) is 0 Å². The van der Waals surface area contributed by atoms with Crippen LogP contribution in [0.2, 0.25) is 0 Å². The summed E-state index contributed by atoms with van der Waals surface area (Å²) in [6, 6.07) is 0. The van der Waals surface area contributed by atoms with E-state index in [1.54, 1.807) is 0 Å². The van der Waals surface area contributed by atoms with E-state index in [4.69, 9.17) is 5.11 Å². The molecule has 0 saturated heterocycles. The van der Waals surface area contributed by atoms with Crippen molar-refractivity contribution in [3.8, 4) is 0 Å². The third kappa shape index (κ3) is 40.9. The predicted molar refractivity (Wildman–Crippen MR) is 46.6 cm³/mol. The zero-order valence-corrected chi connectivity index (χ0v) is 9.16. The van der Waals surface area contributed by atoms with Gasteiger partial charge in [0.15, 0.2) is 5.78 Å². The third-order valence-electron chi connectivity index (χ3n) is 0.412. The summed E-state index contributed by atoms with van der Waals surface area (Å²) in [5.74, 6) is -0.0625. The van der Waals surface area contributed by atoms with Crippen LogP contribution in [0.1, 0.15) is 21.3 Å². The Morgan fingerprint density at radius 3 is 1.55 bits per heavy atom. The zero-order chi connectivity index (χ0) is 5.86. The molecule has 0 aliphatic heterocycles. The van der Waals surface area contributed by atoms with Crippen LogP contribution in [0.5, 0.6) is 0 Å². The zero-order valence-electron chi connectivity index (χ0n) is 6.77. The molecule has 1 radical (unpaired) electrons. The molecule has 0 aromatic rings. The molecule has 0 heterocycles. The molecule has 0 unspecified atom stereocenters. The molecule has 0 amide bonds. The summed E-state index contributed by atoms with van der Waals surface area (Å²) < 4.78 is 0. The van der Waals surface area contributed by atoms with Gasteiger partial charge in [-0.25, -0.2) is 0 Å². The molecule has 0 aliphatic rings. The molecule has 0 bridgehead atoms. The minimum Gasteiger partial charge on any atom is -0.512 e. The Bertz CT molecular complexity index is 105. The fourth-order valence-electron chi connectivity index (χ4n) is 0.294. The second-order valence-electron chi connectivity index (χ2n) is 1.40. The minimum absolute atomic E-state index is 0. The number of carbonyl (C=O) groups excluding carboxylic acids is 1. The minimum atomic E-state index is -0.125. The second-order valence-corrected chi connectivity index (χ2v) is 1.40. The van der Waals surface area contributed by atoms with E-state index >= 15 is 0 Å². The molecular weight excluding hydrogens is 320 g/mol. The average molecular weight is 338 g/mol. The first-order valence-electron chi connectivity index (χ1n) is 2.01. The van der Waals surface area contributed by atoms with Crippen LogP contribution in [-0.4, -0.2) is 10.9 Å². The van der Waals surface area contributed by atoms with Crippen LogP contribution < -0.4 is 0 Å². The molecule has 2 nitrogen and oxygen atoms in total. The summed E-state index contributed by atoms with van der Waals surface area (Å²) >= 11 is 0. The van der Waals surface area contributed by atoms with E-state index in [0.717, 1.165) is 0 Å². The predicted octanol–water partition coefficient (Wildman–Crippen LogP) is 2.57. The van der Waals surface area contributed by atoms with Gasteiger partial charge in [-0.15, -0.1) is 0 Å². The van der Waals surface area contributed by atoms with E-state index in [0.29, 0.717) is 0 Å². The Morgan fingerprint density at radius 1 is 1.27 bits per heavy atom. The Kier molecular flexibility index (Phi) is 46.0. The summed E-state index contributed by atoms with van der Waals surface area (Å²) in [5, 5.41) is 8.36. The Balaban J connectivity index is -0.0000000300. The number of hydrogen-bond acceptors (Lipinski definition) is 2. The maximum absolute atomic E-state index is 10.0. The first-order valence-corrected chi connectivity index (χ1v) is 2.01. The topological polar surface area (TPSA) is 37.3 Å². The molecule has 0 aromatic carbocycles. The summed E-state index contributed by atoms with van der Waals surface area (Å²) in [6.45, 7) is 2.85. The number of ketones is 1. The molecule has 0 fully saturated rings. The van der Waals surface area contributed by atoms with Gasteiger partial charge < -0.3 is 20.0 Å². The molecule has 0 aliphatic carbocycles. The summed E-state index contributed by atoms with van der Waals surface area (Å²) in [6.07, 6.45) is 1.17. The molecule has 0 spiro atoms. The second kappa shape index (κ2) is 16.4. The standard InChI is InChI=1S/C5H8O2.CH4.2CH3.Ir/c1-4(6)3-5(2)7;;;;/h3,6H,1-2H3;1H4;2*1H3;/q;;2*-1;. The first kappa shape index (κ1) is 30.7. The number of rotatable bonds is 1. The van der Waals surface area contributed by atoms with Gasteiger partial charge in [0.1, 0.15) is 0 Å². The van der Waals surface area contributed by atoms with Gasteiger partial charge in [-0.05, 0) is 13.8 Å². The molecule has 11 heavy (non-hydrogen) atoms. The van der Waals surface area contributed by atoms with Crippen LogP contribution in [0, 0.1) is 14.9 Å². The van der Waals surface area contributed by atoms with Crippen molar-refractivity contribution in [2.24, 2.45) is 0 Å². The Labute approximate surface area is 84.1 Å². The van der Waals surface area contributed by atoms with Crippen molar-refractivity contribution in [1.29, 1.82) is 0 Å². The monoisotopic (exact) mass is 339 g/mol. The van der Waals surface area contributed by atoms with Crippen molar-refractivity contribution in [3.63, 3.8) is 0 Å². The summed E-state index contributed by atoms with van der Waals surface area (Å²) in [4.78, 5) is 10.0. The quantitative estimate of drug-likeness (QED) is 0.453. The number of hydrogen-bond donors (Lipinski definition) is 1. The molecular formula is C8H18IrO2-2.